The molecule has 3 aromatic rings. The molecule has 0 aliphatic carbocycles. The van der Waals surface area contributed by atoms with Crippen LogP contribution in [0.25, 0.3) is 0 Å². The first-order valence-corrected chi connectivity index (χ1v) is 10.2. The molecule has 2 aromatic heterocycles. The Balaban J connectivity index is 1.29. The highest BCUT2D eigenvalue weighted by molar-refractivity contribution is 5.94. The van der Waals surface area contributed by atoms with Gasteiger partial charge in [-0.25, -0.2) is 0 Å². The van der Waals surface area contributed by atoms with Crippen LogP contribution in [-0.2, 0) is 13.2 Å². The minimum atomic E-state index is 0.0600. The molecule has 156 valence electrons. The molecule has 1 amide bonds. The van der Waals surface area contributed by atoms with Crippen molar-refractivity contribution in [1.82, 2.24) is 19.9 Å². The van der Waals surface area contributed by atoms with Crippen molar-refractivity contribution >= 4 is 5.91 Å². The Morgan fingerprint density at radius 1 is 1.07 bits per heavy atom. The lowest BCUT2D eigenvalue weighted by Gasteiger charge is -2.34. The number of amides is 1. The lowest BCUT2D eigenvalue weighted by atomic mass is 10.1. The largest absolute Gasteiger partial charge is 0.489 e. The molecule has 0 unspecified atom stereocenters. The van der Waals surface area contributed by atoms with Gasteiger partial charge in [0.2, 0.25) is 0 Å². The second-order valence-corrected chi connectivity index (χ2v) is 7.51. The van der Waals surface area contributed by atoms with Crippen molar-refractivity contribution in [1.29, 1.82) is 0 Å². The molecule has 0 N–H and O–H groups in total. The molecule has 7 nitrogen and oxygen atoms in total. The number of aromatic nitrogens is 2. The van der Waals surface area contributed by atoms with E-state index in [4.69, 9.17) is 9.26 Å². The second-order valence-electron chi connectivity index (χ2n) is 7.51. The SMILES string of the molecule is Cc1noc(C)c1COc1ccc(C(=O)N2CCN(Cc3ccccn3)CC2)cc1. The number of nitrogens with zero attached hydrogens (tertiary/aromatic N) is 4. The van der Waals surface area contributed by atoms with Gasteiger partial charge >= 0.3 is 0 Å². The van der Waals surface area contributed by atoms with Crippen LogP contribution in [0.1, 0.15) is 33.1 Å². The molecule has 0 spiro atoms. The monoisotopic (exact) mass is 406 g/mol. The first-order valence-electron chi connectivity index (χ1n) is 10.2. The van der Waals surface area contributed by atoms with Gasteiger partial charge in [0.05, 0.1) is 17.0 Å². The summed E-state index contributed by atoms with van der Waals surface area (Å²) in [5, 5.41) is 3.93. The van der Waals surface area contributed by atoms with E-state index in [-0.39, 0.29) is 5.91 Å². The number of piperazine rings is 1. The summed E-state index contributed by atoms with van der Waals surface area (Å²) < 4.78 is 11.0. The first kappa shape index (κ1) is 20.1. The van der Waals surface area contributed by atoms with E-state index in [1.165, 1.54) is 0 Å². The first-order chi connectivity index (χ1) is 14.6. The van der Waals surface area contributed by atoms with E-state index < -0.39 is 0 Å². The van der Waals surface area contributed by atoms with Gasteiger partial charge in [-0.3, -0.25) is 14.7 Å². The number of aryl methyl sites for hydroxylation is 2. The minimum absolute atomic E-state index is 0.0600. The molecule has 1 aliphatic rings. The lowest BCUT2D eigenvalue weighted by molar-refractivity contribution is 0.0627. The Kier molecular flexibility index (Phi) is 6.09. The van der Waals surface area contributed by atoms with E-state index in [0.29, 0.717) is 17.9 Å². The molecule has 0 bridgehead atoms. The smallest absolute Gasteiger partial charge is 0.253 e. The third kappa shape index (κ3) is 4.68. The molecule has 1 fully saturated rings. The summed E-state index contributed by atoms with van der Waals surface area (Å²) in [6, 6.07) is 13.3. The van der Waals surface area contributed by atoms with Crippen molar-refractivity contribution in [2.75, 3.05) is 26.2 Å². The quantitative estimate of drug-likeness (QED) is 0.626. The van der Waals surface area contributed by atoms with Crippen LogP contribution >= 0.6 is 0 Å². The summed E-state index contributed by atoms with van der Waals surface area (Å²) in [6.45, 7) is 8.12. The van der Waals surface area contributed by atoms with Crippen molar-refractivity contribution in [2.45, 2.75) is 27.0 Å². The lowest BCUT2D eigenvalue weighted by Crippen LogP contribution is -2.48. The number of pyridine rings is 1. The van der Waals surface area contributed by atoms with Crippen LogP contribution in [0.3, 0.4) is 0 Å². The third-order valence-corrected chi connectivity index (χ3v) is 5.44. The molecular weight excluding hydrogens is 380 g/mol. The second kappa shape index (κ2) is 9.09. The van der Waals surface area contributed by atoms with E-state index in [1.807, 2.05) is 67.4 Å². The van der Waals surface area contributed by atoms with Gasteiger partial charge in [-0.1, -0.05) is 11.2 Å². The maximum Gasteiger partial charge on any atom is 0.253 e. The summed E-state index contributed by atoms with van der Waals surface area (Å²) in [4.78, 5) is 21.5. The van der Waals surface area contributed by atoms with Crippen LogP contribution in [0.2, 0.25) is 0 Å². The topological polar surface area (TPSA) is 71.7 Å². The average molecular weight is 406 g/mol. The minimum Gasteiger partial charge on any atom is -0.489 e. The zero-order valence-corrected chi connectivity index (χ0v) is 17.4. The van der Waals surface area contributed by atoms with Crippen molar-refractivity contribution in [2.24, 2.45) is 0 Å². The average Bonchev–Trinajstić information content (AvgIpc) is 3.11. The van der Waals surface area contributed by atoms with Crippen LogP contribution in [0.5, 0.6) is 5.75 Å². The molecule has 30 heavy (non-hydrogen) atoms. The number of carbonyl (C=O) groups excluding carboxylic acids is 1. The summed E-state index contributed by atoms with van der Waals surface area (Å²) in [6.07, 6.45) is 1.82. The van der Waals surface area contributed by atoms with E-state index in [9.17, 15) is 4.79 Å². The third-order valence-electron chi connectivity index (χ3n) is 5.44. The maximum absolute atomic E-state index is 12.8. The summed E-state index contributed by atoms with van der Waals surface area (Å²) >= 11 is 0. The van der Waals surface area contributed by atoms with Crippen LogP contribution in [0.15, 0.2) is 53.2 Å². The van der Waals surface area contributed by atoms with Gasteiger partial charge in [-0.2, -0.15) is 0 Å². The van der Waals surface area contributed by atoms with Crippen LogP contribution in [0, 0.1) is 13.8 Å². The molecule has 1 saturated heterocycles. The highest BCUT2D eigenvalue weighted by Crippen LogP contribution is 2.19. The Labute approximate surface area is 176 Å². The normalized spacial score (nSPS) is 14.7. The number of hydrogen-bond donors (Lipinski definition) is 0. The predicted octanol–water partition coefficient (Wildman–Crippen LogP) is 3.22. The van der Waals surface area contributed by atoms with Gasteiger partial charge in [-0.05, 0) is 50.2 Å². The molecular formula is C23H26N4O3. The van der Waals surface area contributed by atoms with Crippen molar-refractivity contribution in [3.8, 4) is 5.75 Å². The molecule has 0 radical (unpaired) electrons. The van der Waals surface area contributed by atoms with Gasteiger partial charge in [0.1, 0.15) is 18.1 Å². The standard InChI is InChI=1S/C23H26N4O3/c1-17-22(18(2)30-25-17)16-29-21-8-6-19(7-9-21)23(28)27-13-11-26(12-14-27)15-20-5-3-4-10-24-20/h3-10H,11-16H2,1-2H3. The number of hydrogen-bond acceptors (Lipinski definition) is 6. The summed E-state index contributed by atoms with van der Waals surface area (Å²) in [5.41, 5.74) is 3.53. The fourth-order valence-corrected chi connectivity index (χ4v) is 3.57. The molecule has 1 aliphatic heterocycles. The van der Waals surface area contributed by atoms with E-state index >= 15 is 0 Å². The highest BCUT2D eigenvalue weighted by Gasteiger charge is 2.22. The van der Waals surface area contributed by atoms with Crippen molar-refractivity contribution in [3.63, 3.8) is 0 Å². The van der Waals surface area contributed by atoms with E-state index in [0.717, 1.165) is 55.4 Å². The Morgan fingerprint density at radius 2 is 1.83 bits per heavy atom. The molecule has 1 aromatic carbocycles. The zero-order chi connectivity index (χ0) is 20.9. The zero-order valence-electron chi connectivity index (χ0n) is 17.4. The Bertz CT molecular complexity index is 958. The van der Waals surface area contributed by atoms with E-state index in [1.54, 1.807) is 0 Å². The molecule has 4 rings (SSSR count). The van der Waals surface area contributed by atoms with Crippen molar-refractivity contribution < 1.29 is 14.1 Å². The van der Waals surface area contributed by atoms with Crippen LogP contribution < -0.4 is 4.74 Å². The van der Waals surface area contributed by atoms with Gasteiger partial charge in [0.15, 0.2) is 0 Å². The number of carbonyl (C=O) groups is 1. The number of benzene rings is 1. The Hall–Kier alpha value is -3.19. The fraction of sp³-hybridized carbons (Fsp3) is 0.348. The molecule has 0 saturated carbocycles. The van der Waals surface area contributed by atoms with Gasteiger partial charge in [0.25, 0.3) is 5.91 Å². The van der Waals surface area contributed by atoms with Gasteiger partial charge in [0, 0.05) is 44.5 Å². The molecule has 0 atom stereocenters. The Morgan fingerprint density at radius 3 is 2.47 bits per heavy atom. The molecule has 7 heteroatoms. The number of rotatable bonds is 6. The maximum atomic E-state index is 12.8. The van der Waals surface area contributed by atoms with Crippen LogP contribution in [-0.4, -0.2) is 52.0 Å². The van der Waals surface area contributed by atoms with Gasteiger partial charge in [-0.15, -0.1) is 0 Å². The van der Waals surface area contributed by atoms with Crippen molar-refractivity contribution in [3.05, 3.63) is 76.9 Å². The molecule has 3 heterocycles. The van der Waals surface area contributed by atoms with Gasteiger partial charge < -0.3 is 14.2 Å². The highest BCUT2D eigenvalue weighted by atomic mass is 16.5. The summed E-state index contributed by atoms with van der Waals surface area (Å²) in [7, 11) is 0. The van der Waals surface area contributed by atoms with E-state index in [2.05, 4.69) is 15.0 Å². The van der Waals surface area contributed by atoms with Crippen LogP contribution in [0.4, 0.5) is 0 Å². The summed E-state index contributed by atoms with van der Waals surface area (Å²) in [5.74, 6) is 1.54. The number of ether oxygens (including phenoxy) is 1. The predicted molar refractivity (Wildman–Crippen MR) is 112 cm³/mol. The fourth-order valence-electron chi connectivity index (χ4n) is 3.57.